The number of hydrogen-bond donors (Lipinski definition) is 1. The van der Waals surface area contributed by atoms with Crippen molar-refractivity contribution in [2.24, 2.45) is 0 Å². The van der Waals surface area contributed by atoms with Gasteiger partial charge >= 0.3 is 0 Å². The normalized spacial score (nSPS) is 25.3. The fourth-order valence-corrected chi connectivity index (χ4v) is 4.98. The molecule has 0 aliphatic carbocycles. The third-order valence-electron chi connectivity index (χ3n) is 5.45. The highest BCUT2D eigenvalue weighted by molar-refractivity contribution is 8.03. The number of nitrogens with zero attached hydrogens (tertiary/aromatic N) is 2. The van der Waals surface area contributed by atoms with Gasteiger partial charge in [-0.1, -0.05) is 23.9 Å². The minimum atomic E-state index is -0.426. The van der Waals surface area contributed by atoms with Gasteiger partial charge < -0.3 is 10.2 Å². The lowest BCUT2D eigenvalue weighted by Crippen LogP contribution is -2.48. The van der Waals surface area contributed by atoms with Crippen LogP contribution in [0.2, 0.25) is 0 Å². The second kappa shape index (κ2) is 8.78. The first-order valence-electron chi connectivity index (χ1n) is 9.54. The van der Waals surface area contributed by atoms with Gasteiger partial charge in [-0.15, -0.1) is 0 Å². The maximum Gasteiger partial charge on any atom is 0.233 e. The standard InChI is InChI=1S/C21H24FN3O2S/c1-13-4-3-5-14(2)25(13)20(27)12-28-21-18(11-23)17(10-19(26)24-21)15-6-8-16(22)9-7-15/h6-9,13-14,17H,3-5,10,12H2,1-2H3,(H,24,26)/t13-,14+,17-/m1/s1. The van der Waals surface area contributed by atoms with Crippen LogP contribution >= 0.6 is 11.8 Å². The van der Waals surface area contributed by atoms with Crippen molar-refractivity contribution >= 4 is 23.6 Å². The van der Waals surface area contributed by atoms with Gasteiger partial charge in [-0.3, -0.25) is 9.59 Å². The molecule has 5 nitrogen and oxygen atoms in total. The van der Waals surface area contributed by atoms with Gasteiger partial charge in [-0.2, -0.15) is 5.26 Å². The fourth-order valence-electron chi connectivity index (χ4n) is 4.03. The van der Waals surface area contributed by atoms with Gasteiger partial charge in [-0.25, -0.2) is 4.39 Å². The summed E-state index contributed by atoms with van der Waals surface area (Å²) in [6.07, 6.45) is 3.25. The summed E-state index contributed by atoms with van der Waals surface area (Å²) < 4.78 is 13.2. The maximum absolute atomic E-state index is 13.2. The van der Waals surface area contributed by atoms with Crippen LogP contribution in [0.1, 0.15) is 51.0 Å². The quantitative estimate of drug-likeness (QED) is 0.835. The molecule has 0 radical (unpaired) electrons. The number of piperidine rings is 1. The van der Waals surface area contributed by atoms with Crippen LogP contribution in [0, 0.1) is 17.1 Å². The number of carbonyl (C=O) groups is 2. The Morgan fingerprint density at radius 2 is 1.93 bits per heavy atom. The van der Waals surface area contributed by atoms with Crippen LogP contribution in [-0.4, -0.2) is 34.6 Å². The summed E-state index contributed by atoms with van der Waals surface area (Å²) in [5, 5.41) is 12.9. The van der Waals surface area contributed by atoms with E-state index in [1.807, 2.05) is 4.90 Å². The molecule has 0 unspecified atom stereocenters. The van der Waals surface area contributed by atoms with E-state index in [0.717, 1.165) is 24.8 Å². The molecule has 2 amide bonds. The highest BCUT2D eigenvalue weighted by atomic mass is 32.2. The molecular formula is C21H24FN3O2S. The SMILES string of the molecule is C[C@@H]1CCC[C@H](C)N1C(=O)CSC1=C(C#N)[C@@H](c2ccc(F)cc2)CC(=O)N1. The molecule has 148 valence electrons. The minimum Gasteiger partial charge on any atom is -0.337 e. The number of hydrogen-bond acceptors (Lipinski definition) is 4. The highest BCUT2D eigenvalue weighted by Gasteiger charge is 2.32. The number of amides is 2. The predicted molar refractivity (Wildman–Crippen MR) is 107 cm³/mol. The van der Waals surface area contributed by atoms with Crippen LogP contribution in [0.25, 0.3) is 0 Å². The third kappa shape index (κ3) is 4.39. The van der Waals surface area contributed by atoms with E-state index in [4.69, 9.17) is 0 Å². The van der Waals surface area contributed by atoms with E-state index in [2.05, 4.69) is 25.2 Å². The minimum absolute atomic E-state index is 0.0210. The van der Waals surface area contributed by atoms with Crippen LogP contribution in [-0.2, 0) is 9.59 Å². The number of thioether (sulfide) groups is 1. The lowest BCUT2D eigenvalue weighted by Gasteiger charge is -2.39. The van der Waals surface area contributed by atoms with Crippen molar-refractivity contribution in [3.8, 4) is 6.07 Å². The number of benzene rings is 1. The van der Waals surface area contributed by atoms with Crippen molar-refractivity contribution in [1.29, 1.82) is 5.26 Å². The van der Waals surface area contributed by atoms with Gasteiger partial charge in [0, 0.05) is 24.4 Å². The van der Waals surface area contributed by atoms with Gasteiger partial charge in [0.05, 0.1) is 22.4 Å². The second-order valence-corrected chi connectivity index (χ2v) is 8.42. The molecule has 1 N–H and O–H groups in total. The molecule has 0 saturated carbocycles. The molecule has 0 spiro atoms. The van der Waals surface area contributed by atoms with Crippen molar-refractivity contribution in [2.75, 3.05) is 5.75 Å². The van der Waals surface area contributed by atoms with E-state index in [1.165, 1.54) is 23.9 Å². The molecule has 1 aromatic rings. The number of nitrogens with one attached hydrogen (secondary N) is 1. The zero-order valence-corrected chi connectivity index (χ0v) is 16.9. The molecule has 7 heteroatoms. The Morgan fingerprint density at radius 3 is 2.54 bits per heavy atom. The monoisotopic (exact) mass is 401 g/mol. The van der Waals surface area contributed by atoms with Gasteiger partial charge in [-0.05, 0) is 50.8 Å². The average Bonchev–Trinajstić information content (AvgIpc) is 2.66. The summed E-state index contributed by atoms with van der Waals surface area (Å²) in [4.78, 5) is 26.9. The van der Waals surface area contributed by atoms with Crippen LogP contribution in [0.5, 0.6) is 0 Å². The zero-order chi connectivity index (χ0) is 20.3. The van der Waals surface area contributed by atoms with E-state index in [1.54, 1.807) is 12.1 Å². The molecule has 0 bridgehead atoms. The first-order valence-corrected chi connectivity index (χ1v) is 10.5. The highest BCUT2D eigenvalue weighted by Crippen LogP contribution is 2.36. The van der Waals surface area contributed by atoms with Crippen molar-refractivity contribution in [1.82, 2.24) is 10.2 Å². The molecule has 28 heavy (non-hydrogen) atoms. The molecule has 0 aromatic heterocycles. The molecule has 2 heterocycles. The van der Waals surface area contributed by atoms with Gasteiger partial charge in [0.25, 0.3) is 0 Å². The van der Waals surface area contributed by atoms with Gasteiger partial charge in [0.2, 0.25) is 11.8 Å². The summed E-state index contributed by atoms with van der Waals surface area (Å²) in [7, 11) is 0. The summed E-state index contributed by atoms with van der Waals surface area (Å²) in [5.41, 5.74) is 1.14. The Balaban J connectivity index is 1.78. The Kier molecular flexibility index (Phi) is 6.40. The molecule has 3 rings (SSSR count). The first kappa shape index (κ1) is 20.4. The largest absolute Gasteiger partial charge is 0.337 e. The van der Waals surface area contributed by atoms with E-state index in [9.17, 15) is 19.2 Å². The molecule has 2 aliphatic rings. The summed E-state index contributed by atoms with van der Waals surface area (Å²) in [6.45, 7) is 4.12. The van der Waals surface area contributed by atoms with Crippen molar-refractivity contribution in [3.05, 3.63) is 46.2 Å². The Labute approximate surface area is 169 Å². The molecule has 3 atom stereocenters. The Hall–Kier alpha value is -2.33. The van der Waals surface area contributed by atoms with Crippen LogP contribution < -0.4 is 5.32 Å². The lowest BCUT2D eigenvalue weighted by molar-refractivity contribution is -0.134. The smallest absolute Gasteiger partial charge is 0.233 e. The van der Waals surface area contributed by atoms with Crippen LogP contribution in [0.15, 0.2) is 34.9 Å². The third-order valence-corrected chi connectivity index (χ3v) is 6.45. The van der Waals surface area contributed by atoms with E-state index in [0.29, 0.717) is 10.6 Å². The van der Waals surface area contributed by atoms with E-state index < -0.39 is 5.92 Å². The fraction of sp³-hybridized carbons (Fsp3) is 0.476. The van der Waals surface area contributed by atoms with Crippen molar-refractivity contribution < 1.29 is 14.0 Å². The van der Waals surface area contributed by atoms with E-state index >= 15 is 0 Å². The summed E-state index contributed by atoms with van der Waals surface area (Å²) in [6, 6.07) is 8.44. The first-order chi connectivity index (χ1) is 13.4. The van der Waals surface area contributed by atoms with Crippen molar-refractivity contribution in [3.63, 3.8) is 0 Å². The zero-order valence-electron chi connectivity index (χ0n) is 16.1. The maximum atomic E-state index is 13.2. The van der Waals surface area contributed by atoms with Crippen molar-refractivity contribution in [2.45, 2.75) is 57.5 Å². The summed E-state index contributed by atoms with van der Waals surface area (Å²) in [5.74, 6) is -0.803. The second-order valence-electron chi connectivity index (χ2n) is 7.43. The molecule has 2 aliphatic heterocycles. The topological polar surface area (TPSA) is 73.2 Å². The van der Waals surface area contributed by atoms with Crippen LogP contribution in [0.4, 0.5) is 4.39 Å². The van der Waals surface area contributed by atoms with Gasteiger partial charge in [0.15, 0.2) is 0 Å². The molecule has 1 fully saturated rings. The summed E-state index contributed by atoms with van der Waals surface area (Å²) >= 11 is 1.20. The molecule has 1 saturated heterocycles. The number of likely N-dealkylation sites (tertiary alicyclic amines) is 1. The van der Waals surface area contributed by atoms with Gasteiger partial charge in [0.1, 0.15) is 5.82 Å². The molecular weight excluding hydrogens is 377 g/mol. The molecule has 1 aromatic carbocycles. The Bertz CT molecular complexity index is 821. The predicted octanol–water partition coefficient (Wildman–Crippen LogP) is 3.69. The Morgan fingerprint density at radius 1 is 1.29 bits per heavy atom. The van der Waals surface area contributed by atoms with Crippen LogP contribution in [0.3, 0.4) is 0 Å². The average molecular weight is 402 g/mol. The number of nitriles is 1. The number of rotatable bonds is 4. The lowest BCUT2D eigenvalue weighted by atomic mass is 9.87. The van der Waals surface area contributed by atoms with E-state index in [-0.39, 0.29) is 41.9 Å². The number of halogens is 1. The number of carbonyl (C=O) groups excluding carboxylic acids is 2. The number of allylic oxidation sites excluding steroid dienone is 1.